The zero-order valence-electron chi connectivity index (χ0n) is 9.09. The van der Waals surface area contributed by atoms with E-state index in [2.05, 4.69) is 6.07 Å². The fraction of sp³-hybridized carbons (Fsp3) is 0.462. The third-order valence-electron chi connectivity index (χ3n) is 3.26. The lowest BCUT2D eigenvalue weighted by Crippen LogP contribution is -2.15. The van der Waals surface area contributed by atoms with E-state index in [1.807, 2.05) is 32.0 Å². The highest BCUT2D eigenvalue weighted by Gasteiger charge is 2.39. The fourth-order valence-corrected chi connectivity index (χ4v) is 2.50. The van der Waals surface area contributed by atoms with E-state index in [0.717, 1.165) is 11.4 Å². The lowest BCUT2D eigenvalue weighted by Gasteiger charge is -2.15. The molecule has 0 aromatic heterocycles. The van der Waals surface area contributed by atoms with E-state index in [9.17, 15) is 4.79 Å². The van der Waals surface area contributed by atoms with E-state index in [0.29, 0.717) is 18.1 Å². The van der Waals surface area contributed by atoms with Crippen molar-refractivity contribution < 1.29 is 4.79 Å². The first-order chi connectivity index (χ1) is 6.99. The molecule has 1 atom stereocenters. The van der Waals surface area contributed by atoms with Crippen molar-refractivity contribution in [3.8, 4) is 0 Å². The highest BCUT2D eigenvalue weighted by molar-refractivity contribution is 6.30. The van der Waals surface area contributed by atoms with Crippen LogP contribution >= 0.6 is 11.6 Å². The first-order valence-corrected chi connectivity index (χ1v) is 5.65. The summed E-state index contributed by atoms with van der Waals surface area (Å²) in [7, 11) is 0. The molecular formula is C13H15ClO. The Balaban J connectivity index is 2.25. The number of carbonyl (C=O) groups is 1. The predicted molar refractivity (Wildman–Crippen MR) is 62.2 cm³/mol. The second kappa shape index (κ2) is 3.64. The Morgan fingerprint density at radius 3 is 2.67 bits per heavy atom. The maximum absolute atomic E-state index is 11.7. The quantitative estimate of drug-likeness (QED) is 0.706. The van der Waals surface area contributed by atoms with Crippen LogP contribution in [0.1, 0.15) is 38.2 Å². The number of benzene rings is 1. The maximum Gasteiger partial charge on any atom is 0.139 e. The van der Waals surface area contributed by atoms with Crippen molar-refractivity contribution in [2.45, 2.75) is 32.6 Å². The third-order valence-corrected chi connectivity index (χ3v) is 3.50. The van der Waals surface area contributed by atoms with Gasteiger partial charge in [0.1, 0.15) is 5.78 Å². The third kappa shape index (κ3) is 2.07. The largest absolute Gasteiger partial charge is 0.299 e. The van der Waals surface area contributed by atoms with Gasteiger partial charge in [-0.25, -0.2) is 0 Å². The molecule has 0 heterocycles. The molecule has 2 heteroatoms. The number of hydrogen-bond acceptors (Lipinski definition) is 1. The molecule has 1 aromatic rings. The average molecular weight is 223 g/mol. The van der Waals surface area contributed by atoms with Crippen LogP contribution in [-0.4, -0.2) is 5.78 Å². The SMILES string of the molecule is CC1(C)C[C@H](c2cccc(Cl)c2)CC1=O. The number of Topliss-reactive ketones (excluding diaryl/α,β-unsaturated/α-hetero) is 1. The van der Waals surface area contributed by atoms with Gasteiger partial charge in [0, 0.05) is 16.9 Å². The highest BCUT2D eigenvalue weighted by Crippen LogP contribution is 2.43. The van der Waals surface area contributed by atoms with E-state index in [1.54, 1.807) is 0 Å². The van der Waals surface area contributed by atoms with Gasteiger partial charge in [-0.1, -0.05) is 37.6 Å². The van der Waals surface area contributed by atoms with Crippen LogP contribution in [0.2, 0.25) is 5.02 Å². The van der Waals surface area contributed by atoms with E-state index < -0.39 is 0 Å². The summed E-state index contributed by atoms with van der Waals surface area (Å²) in [4.78, 5) is 11.7. The predicted octanol–water partition coefficient (Wildman–Crippen LogP) is 3.81. The summed E-state index contributed by atoms with van der Waals surface area (Å²) in [6, 6.07) is 7.85. The van der Waals surface area contributed by atoms with Gasteiger partial charge in [0.05, 0.1) is 0 Å². The molecule has 0 saturated heterocycles. The minimum Gasteiger partial charge on any atom is -0.299 e. The zero-order valence-corrected chi connectivity index (χ0v) is 9.84. The van der Waals surface area contributed by atoms with Gasteiger partial charge in [0.25, 0.3) is 0 Å². The molecule has 0 N–H and O–H groups in total. The highest BCUT2D eigenvalue weighted by atomic mass is 35.5. The lowest BCUT2D eigenvalue weighted by atomic mass is 9.88. The molecular weight excluding hydrogens is 208 g/mol. The maximum atomic E-state index is 11.7. The van der Waals surface area contributed by atoms with Gasteiger partial charge in [-0.2, -0.15) is 0 Å². The van der Waals surface area contributed by atoms with Crippen molar-refractivity contribution in [3.63, 3.8) is 0 Å². The van der Waals surface area contributed by atoms with Gasteiger partial charge in [-0.15, -0.1) is 0 Å². The second-order valence-corrected chi connectivity index (χ2v) is 5.40. The Bertz CT molecular complexity index is 395. The zero-order chi connectivity index (χ0) is 11.1. The molecule has 1 aliphatic carbocycles. The first kappa shape index (κ1) is 10.7. The average Bonchev–Trinajstić information content (AvgIpc) is 2.42. The standard InChI is InChI=1S/C13H15ClO/c1-13(2)8-10(7-12(13)15)9-4-3-5-11(14)6-9/h3-6,10H,7-8H2,1-2H3/t10-/m1/s1. The van der Waals surface area contributed by atoms with E-state index in [-0.39, 0.29) is 5.41 Å². The molecule has 0 amide bonds. The first-order valence-electron chi connectivity index (χ1n) is 5.28. The molecule has 1 aliphatic rings. The van der Waals surface area contributed by atoms with E-state index in [4.69, 9.17) is 11.6 Å². The van der Waals surface area contributed by atoms with Crippen LogP contribution in [0, 0.1) is 5.41 Å². The van der Waals surface area contributed by atoms with Crippen molar-refractivity contribution in [1.29, 1.82) is 0 Å². The van der Waals surface area contributed by atoms with Crippen LogP contribution in [0.5, 0.6) is 0 Å². The number of ketones is 1. The number of rotatable bonds is 1. The second-order valence-electron chi connectivity index (χ2n) is 4.97. The van der Waals surface area contributed by atoms with Crippen molar-refractivity contribution in [1.82, 2.24) is 0 Å². The fourth-order valence-electron chi connectivity index (χ4n) is 2.30. The Morgan fingerprint density at radius 2 is 2.13 bits per heavy atom. The molecule has 15 heavy (non-hydrogen) atoms. The molecule has 0 bridgehead atoms. The van der Waals surface area contributed by atoms with Crippen molar-refractivity contribution in [3.05, 3.63) is 34.9 Å². The summed E-state index contributed by atoms with van der Waals surface area (Å²) in [6.07, 6.45) is 1.60. The number of halogens is 1. The summed E-state index contributed by atoms with van der Waals surface area (Å²) in [5.41, 5.74) is 1.04. The minimum atomic E-state index is -0.160. The van der Waals surface area contributed by atoms with E-state index >= 15 is 0 Å². The summed E-state index contributed by atoms with van der Waals surface area (Å²) in [5, 5.41) is 0.754. The van der Waals surface area contributed by atoms with Gasteiger partial charge in [-0.05, 0) is 30.0 Å². The van der Waals surface area contributed by atoms with Gasteiger partial charge in [-0.3, -0.25) is 4.79 Å². The molecule has 1 fully saturated rings. The van der Waals surface area contributed by atoms with Crippen molar-refractivity contribution >= 4 is 17.4 Å². The molecule has 0 spiro atoms. The Kier molecular flexibility index (Phi) is 2.59. The van der Waals surface area contributed by atoms with Crippen LogP contribution in [0.25, 0.3) is 0 Å². The topological polar surface area (TPSA) is 17.1 Å². The monoisotopic (exact) mass is 222 g/mol. The van der Waals surface area contributed by atoms with Crippen LogP contribution in [-0.2, 0) is 4.79 Å². The summed E-state index contributed by atoms with van der Waals surface area (Å²) in [5.74, 6) is 0.721. The molecule has 0 radical (unpaired) electrons. The molecule has 0 aliphatic heterocycles. The van der Waals surface area contributed by atoms with Crippen LogP contribution in [0.3, 0.4) is 0 Å². The van der Waals surface area contributed by atoms with Crippen molar-refractivity contribution in [2.24, 2.45) is 5.41 Å². The number of carbonyl (C=O) groups excluding carboxylic acids is 1. The Labute approximate surface area is 95.4 Å². The van der Waals surface area contributed by atoms with Crippen LogP contribution in [0.15, 0.2) is 24.3 Å². The summed E-state index contributed by atoms with van der Waals surface area (Å²) in [6.45, 7) is 4.06. The molecule has 1 saturated carbocycles. The number of hydrogen-bond donors (Lipinski definition) is 0. The Morgan fingerprint density at radius 1 is 1.40 bits per heavy atom. The molecule has 0 unspecified atom stereocenters. The van der Waals surface area contributed by atoms with Gasteiger partial charge >= 0.3 is 0 Å². The van der Waals surface area contributed by atoms with Gasteiger partial charge in [0.15, 0.2) is 0 Å². The Hall–Kier alpha value is -0.820. The van der Waals surface area contributed by atoms with E-state index in [1.165, 1.54) is 5.56 Å². The normalized spacial score (nSPS) is 24.5. The lowest BCUT2D eigenvalue weighted by molar-refractivity contribution is -0.124. The van der Waals surface area contributed by atoms with Crippen LogP contribution in [0.4, 0.5) is 0 Å². The molecule has 2 rings (SSSR count). The summed E-state index contributed by atoms with van der Waals surface area (Å²) >= 11 is 5.95. The van der Waals surface area contributed by atoms with Gasteiger partial charge in [0.2, 0.25) is 0 Å². The molecule has 1 nitrogen and oxygen atoms in total. The summed E-state index contributed by atoms with van der Waals surface area (Å²) < 4.78 is 0. The smallest absolute Gasteiger partial charge is 0.139 e. The molecule has 1 aromatic carbocycles. The van der Waals surface area contributed by atoms with Crippen LogP contribution < -0.4 is 0 Å². The minimum absolute atomic E-state index is 0.160. The molecule has 80 valence electrons. The van der Waals surface area contributed by atoms with Gasteiger partial charge < -0.3 is 0 Å². The van der Waals surface area contributed by atoms with Crippen molar-refractivity contribution in [2.75, 3.05) is 0 Å².